The minimum atomic E-state index is -1.47. The zero-order valence-electron chi connectivity index (χ0n) is 15.7. The van der Waals surface area contributed by atoms with Crippen molar-refractivity contribution in [2.24, 2.45) is 11.5 Å². The molecule has 0 saturated carbocycles. The van der Waals surface area contributed by atoms with Gasteiger partial charge in [0, 0.05) is 17.7 Å². The summed E-state index contributed by atoms with van der Waals surface area (Å²) in [6.07, 6.45) is 0. The fourth-order valence-corrected chi connectivity index (χ4v) is 3.29. The van der Waals surface area contributed by atoms with Crippen molar-refractivity contribution in [1.82, 2.24) is 0 Å². The number of rotatable bonds is 7. The fraction of sp³-hybridized carbons (Fsp3) is 0.0952. The summed E-state index contributed by atoms with van der Waals surface area (Å²) < 4.78 is 0. The molecule has 1 unspecified atom stereocenters. The van der Waals surface area contributed by atoms with Crippen molar-refractivity contribution in [1.29, 1.82) is 0 Å². The quantitative estimate of drug-likeness (QED) is 0.347. The van der Waals surface area contributed by atoms with E-state index in [-0.39, 0.29) is 5.56 Å². The topological polar surface area (TPSA) is 155 Å². The Hall–Kier alpha value is -3.95. The summed E-state index contributed by atoms with van der Waals surface area (Å²) in [4.78, 5) is 34.0. The van der Waals surface area contributed by atoms with Gasteiger partial charge >= 0.3 is 0 Å². The number of carbonyl (C=O) groups is 1. The highest BCUT2D eigenvalue weighted by Crippen LogP contribution is 2.32. The van der Waals surface area contributed by atoms with Gasteiger partial charge in [-0.15, -0.1) is 0 Å². The predicted octanol–water partition coefficient (Wildman–Crippen LogP) is 2.92. The molecule has 0 radical (unpaired) electrons. The third kappa shape index (κ3) is 3.79. The van der Waals surface area contributed by atoms with Gasteiger partial charge in [-0.25, -0.2) is 0 Å². The number of nitro groups is 2. The van der Waals surface area contributed by atoms with Gasteiger partial charge in [0.1, 0.15) is 0 Å². The molecule has 0 aliphatic carbocycles. The van der Waals surface area contributed by atoms with E-state index >= 15 is 0 Å². The summed E-state index contributed by atoms with van der Waals surface area (Å²) in [5.41, 5.74) is 11.2. The normalized spacial score (nSPS) is 12.2. The van der Waals surface area contributed by atoms with E-state index in [1.807, 2.05) is 0 Å². The number of Topliss-reactive ketones (excluding diaryl/α,β-unsaturated/α-hetero) is 1. The van der Waals surface area contributed by atoms with Crippen molar-refractivity contribution in [3.63, 3.8) is 0 Å². The van der Waals surface area contributed by atoms with Gasteiger partial charge in [0.2, 0.25) is 0 Å². The van der Waals surface area contributed by atoms with E-state index in [1.54, 1.807) is 60.7 Å². The Bertz CT molecular complexity index is 1030. The van der Waals surface area contributed by atoms with Crippen LogP contribution in [0.2, 0.25) is 0 Å². The third-order valence-corrected chi connectivity index (χ3v) is 4.88. The van der Waals surface area contributed by atoms with Crippen molar-refractivity contribution >= 4 is 17.2 Å². The van der Waals surface area contributed by atoms with Crippen LogP contribution in [0.15, 0.2) is 78.9 Å². The van der Waals surface area contributed by atoms with Crippen molar-refractivity contribution in [2.45, 2.75) is 11.6 Å². The van der Waals surface area contributed by atoms with Crippen molar-refractivity contribution in [3.8, 4) is 0 Å². The highest BCUT2D eigenvalue weighted by molar-refractivity contribution is 6.02. The second-order valence-electron chi connectivity index (χ2n) is 6.70. The Morgan fingerprint density at radius 1 is 0.800 bits per heavy atom. The molecular weight excluding hydrogens is 388 g/mol. The Kier molecular flexibility index (Phi) is 5.67. The maximum atomic E-state index is 13.2. The molecule has 0 aliphatic heterocycles. The molecule has 0 aromatic heterocycles. The van der Waals surface area contributed by atoms with E-state index in [9.17, 15) is 25.0 Å². The molecule has 0 spiro atoms. The van der Waals surface area contributed by atoms with E-state index in [0.717, 1.165) is 18.2 Å². The average Bonchev–Trinajstić information content (AvgIpc) is 2.78. The summed E-state index contributed by atoms with van der Waals surface area (Å²) >= 11 is 0. The van der Waals surface area contributed by atoms with Crippen LogP contribution in [0.25, 0.3) is 0 Å². The van der Waals surface area contributed by atoms with Crippen LogP contribution in [0.4, 0.5) is 11.4 Å². The van der Waals surface area contributed by atoms with E-state index in [2.05, 4.69) is 0 Å². The van der Waals surface area contributed by atoms with Crippen molar-refractivity contribution < 1.29 is 14.6 Å². The third-order valence-electron chi connectivity index (χ3n) is 4.88. The van der Waals surface area contributed by atoms with Gasteiger partial charge in [-0.2, -0.15) is 0 Å². The SMILES string of the molecule is NC(C(=O)c1cc([N+](=O)[O-])cc([N+](=O)[O-])c1)C(N)(c1ccccc1)c1ccccc1. The first-order valence-electron chi connectivity index (χ1n) is 8.88. The average molecular weight is 406 g/mol. The molecule has 0 saturated heterocycles. The standard InChI is InChI=1S/C21H18N4O5/c22-20(19(26)14-11-17(24(27)28)13-18(12-14)25(29)30)21(23,15-7-3-1-4-8-15)16-9-5-2-6-10-16/h1-13,20H,22-23H2. The lowest BCUT2D eigenvalue weighted by Gasteiger charge is -2.35. The number of ketones is 1. The van der Waals surface area contributed by atoms with Crippen LogP contribution in [0.5, 0.6) is 0 Å². The molecule has 3 rings (SSSR count). The smallest absolute Gasteiger partial charge is 0.277 e. The molecule has 0 aliphatic rings. The Morgan fingerprint density at radius 2 is 1.20 bits per heavy atom. The molecule has 30 heavy (non-hydrogen) atoms. The van der Waals surface area contributed by atoms with Gasteiger partial charge < -0.3 is 11.5 Å². The molecule has 0 amide bonds. The number of nitrogens with zero attached hydrogens (tertiary/aromatic N) is 2. The van der Waals surface area contributed by atoms with Crippen LogP contribution in [-0.2, 0) is 5.54 Å². The first kappa shape index (κ1) is 20.8. The molecule has 3 aromatic carbocycles. The zero-order chi connectivity index (χ0) is 21.9. The number of nitro benzene ring substituents is 2. The number of hydrogen-bond donors (Lipinski definition) is 2. The van der Waals surface area contributed by atoms with Gasteiger partial charge in [0.25, 0.3) is 11.4 Å². The molecule has 3 aromatic rings. The molecular formula is C21H18N4O5. The number of hydrogen-bond acceptors (Lipinski definition) is 7. The summed E-state index contributed by atoms with van der Waals surface area (Å²) in [5, 5.41) is 22.4. The lowest BCUT2D eigenvalue weighted by molar-refractivity contribution is -0.394. The van der Waals surface area contributed by atoms with E-state index in [0.29, 0.717) is 11.1 Å². The van der Waals surface area contributed by atoms with Gasteiger partial charge in [0.05, 0.1) is 27.5 Å². The monoisotopic (exact) mass is 406 g/mol. The van der Waals surface area contributed by atoms with Gasteiger partial charge in [-0.3, -0.25) is 25.0 Å². The van der Waals surface area contributed by atoms with Crippen LogP contribution < -0.4 is 11.5 Å². The van der Waals surface area contributed by atoms with Crippen molar-refractivity contribution in [3.05, 3.63) is 116 Å². The molecule has 152 valence electrons. The molecule has 4 N–H and O–H groups in total. The summed E-state index contributed by atoms with van der Waals surface area (Å²) in [7, 11) is 0. The lowest BCUT2D eigenvalue weighted by atomic mass is 9.75. The number of non-ortho nitro benzene ring substituents is 2. The Morgan fingerprint density at radius 3 is 1.57 bits per heavy atom. The fourth-order valence-electron chi connectivity index (χ4n) is 3.29. The number of nitrogens with two attached hydrogens (primary N) is 2. The Balaban J connectivity index is 2.15. The van der Waals surface area contributed by atoms with E-state index in [1.165, 1.54) is 0 Å². The minimum Gasteiger partial charge on any atom is -0.319 e. The number of carbonyl (C=O) groups excluding carboxylic acids is 1. The van der Waals surface area contributed by atoms with Crippen LogP contribution in [0.1, 0.15) is 21.5 Å². The van der Waals surface area contributed by atoms with Gasteiger partial charge in [-0.05, 0) is 11.1 Å². The largest absolute Gasteiger partial charge is 0.319 e. The first-order chi connectivity index (χ1) is 14.2. The van der Waals surface area contributed by atoms with Crippen molar-refractivity contribution in [2.75, 3.05) is 0 Å². The maximum Gasteiger partial charge on any atom is 0.277 e. The summed E-state index contributed by atoms with van der Waals surface area (Å²) in [6, 6.07) is 18.8. The van der Waals surface area contributed by atoms with E-state index < -0.39 is 38.6 Å². The second kappa shape index (κ2) is 8.19. The molecule has 0 fully saturated rings. The highest BCUT2D eigenvalue weighted by Gasteiger charge is 2.41. The second-order valence-corrected chi connectivity index (χ2v) is 6.70. The molecule has 9 heteroatoms. The summed E-state index contributed by atoms with van der Waals surface area (Å²) in [6.45, 7) is 0. The van der Waals surface area contributed by atoms with Crippen LogP contribution >= 0.6 is 0 Å². The van der Waals surface area contributed by atoms with Gasteiger partial charge in [-0.1, -0.05) is 60.7 Å². The predicted molar refractivity (Wildman–Crippen MR) is 110 cm³/mol. The lowest BCUT2D eigenvalue weighted by Crippen LogP contribution is -2.57. The number of benzene rings is 3. The Labute approximate surface area is 171 Å². The maximum absolute atomic E-state index is 13.2. The summed E-state index contributed by atoms with van der Waals surface area (Å²) in [5.74, 6) is -0.753. The molecule has 1 atom stereocenters. The van der Waals surface area contributed by atoms with Crippen LogP contribution in [0, 0.1) is 20.2 Å². The van der Waals surface area contributed by atoms with Crippen LogP contribution in [-0.4, -0.2) is 21.7 Å². The van der Waals surface area contributed by atoms with Crippen LogP contribution in [0.3, 0.4) is 0 Å². The molecule has 0 heterocycles. The minimum absolute atomic E-state index is 0.259. The van der Waals surface area contributed by atoms with E-state index in [4.69, 9.17) is 11.5 Å². The van der Waals surface area contributed by atoms with Gasteiger partial charge in [0.15, 0.2) is 5.78 Å². The highest BCUT2D eigenvalue weighted by atomic mass is 16.6. The molecule has 0 bridgehead atoms. The molecule has 9 nitrogen and oxygen atoms in total. The first-order valence-corrected chi connectivity index (χ1v) is 8.88. The zero-order valence-corrected chi connectivity index (χ0v) is 15.7.